The van der Waals surface area contributed by atoms with Crippen LogP contribution in [0.5, 0.6) is 0 Å². The fourth-order valence-corrected chi connectivity index (χ4v) is 5.23. The number of urea groups is 1. The molecule has 138 valence electrons. The number of carbonyl (C=O) groups excluding carboxylic acids is 1. The molecule has 0 saturated carbocycles. The minimum atomic E-state index is -0.246. The van der Waals surface area contributed by atoms with Crippen molar-refractivity contribution >= 4 is 29.1 Å². The van der Waals surface area contributed by atoms with E-state index in [1.807, 2.05) is 53.9 Å². The third-order valence-electron chi connectivity index (χ3n) is 4.57. The Morgan fingerprint density at radius 3 is 2.70 bits per heavy atom. The number of amides is 2. The number of thioether (sulfide) groups is 1. The van der Waals surface area contributed by atoms with Gasteiger partial charge in [0, 0.05) is 15.5 Å². The predicted octanol–water partition coefficient (Wildman–Crippen LogP) is 5.51. The summed E-state index contributed by atoms with van der Waals surface area (Å²) < 4.78 is 14.1. The molecule has 2 atom stereocenters. The van der Waals surface area contributed by atoms with Gasteiger partial charge in [-0.1, -0.05) is 48.5 Å². The summed E-state index contributed by atoms with van der Waals surface area (Å²) >= 11 is 3.12. The molecule has 2 amide bonds. The maximum atomic E-state index is 14.1. The molecule has 0 bridgehead atoms. The molecule has 0 radical (unpaired) electrons. The van der Waals surface area contributed by atoms with E-state index in [1.165, 1.54) is 17.8 Å². The molecule has 0 unspecified atom stereocenters. The Balaban J connectivity index is 1.53. The summed E-state index contributed by atoms with van der Waals surface area (Å²) in [4.78, 5) is 14.5. The fraction of sp³-hybridized carbons (Fsp3) is 0.190. The highest BCUT2D eigenvalue weighted by Crippen LogP contribution is 2.37. The molecule has 3 nitrogen and oxygen atoms in total. The second-order valence-corrected chi connectivity index (χ2v) is 8.41. The Labute approximate surface area is 166 Å². The number of hydrogen-bond acceptors (Lipinski definition) is 3. The van der Waals surface area contributed by atoms with Crippen LogP contribution in [0.1, 0.15) is 34.5 Å². The lowest BCUT2D eigenvalue weighted by molar-refractivity contribution is 0.234. The zero-order valence-corrected chi connectivity index (χ0v) is 16.2. The molecular weight excluding hydrogens is 379 g/mol. The molecule has 27 heavy (non-hydrogen) atoms. The van der Waals surface area contributed by atoms with E-state index >= 15 is 0 Å². The van der Waals surface area contributed by atoms with Gasteiger partial charge in [-0.15, -0.1) is 23.1 Å². The van der Waals surface area contributed by atoms with Gasteiger partial charge in [-0.25, -0.2) is 9.18 Å². The number of benzene rings is 2. The molecule has 2 heterocycles. The summed E-state index contributed by atoms with van der Waals surface area (Å²) in [5.41, 5.74) is 1.88. The summed E-state index contributed by atoms with van der Waals surface area (Å²) in [6, 6.07) is 18.3. The summed E-state index contributed by atoms with van der Waals surface area (Å²) in [5, 5.41) is 8.13. The molecule has 3 aromatic rings. The molecule has 6 heteroatoms. The number of halogens is 1. The first-order valence-corrected chi connectivity index (χ1v) is 10.7. The van der Waals surface area contributed by atoms with Crippen LogP contribution >= 0.6 is 23.1 Å². The first kappa shape index (κ1) is 18.1. The van der Waals surface area contributed by atoms with E-state index in [2.05, 4.69) is 10.6 Å². The first-order valence-electron chi connectivity index (χ1n) is 8.79. The molecule has 0 aliphatic carbocycles. The van der Waals surface area contributed by atoms with Crippen molar-refractivity contribution in [2.45, 2.75) is 23.4 Å². The van der Waals surface area contributed by atoms with Gasteiger partial charge >= 0.3 is 6.03 Å². The molecule has 4 rings (SSSR count). The number of hydrogen-bond donors (Lipinski definition) is 2. The molecule has 1 aliphatic rings. The molecule has 0 fully saturated rings. The second-order valence-electron chi connectivity index (χ2n) is 6.32. The van der Waals surface area contributed by atoms with Crippen LogP contribution < -0.4 is 10.6 Å². The minimum Gasteiger partial charge on any atom is -0.331 e. The van der Waals surface area contributed by atoms with Gasteiger partial charge in [0.15, 0.2) is 0 Å². The number of nitrogens with one attached hydrogen (secondary N) is 2. The van der Waals surface area contributed by atoms with E-state index in [0.717, 1.165) is 28.2 Å². The summed E-state index contributed by atoms with van der Waals surface area (Å²) in [6.45, 7) is 0. The zero-order valence-electron chi connectivity index (χ0n) is 14.5. The third-order valence-corrected chi connectivity index (χ3v) is 6.66. The Kier molecular flexibility index (Phi) is 5.45. The summed E-state index contributed by atoms with van der Waals surface area (Å²) in [5.74, 6) is 0.566. The maximum absolute atomic E-state index is 14.1. The van der Waals surface area contributed by atoms with Gasteiger partial charge in [-0.3, -0.25) is 0 Å². The highest BCUT2D eigenvalue weighted by molar-refractivity contribution is 7.99. The van der Waals surface area contributed by atoms with Crippen molar-refractivity contribution in [2.75, 3.05) is 5.75 Å². The van der Waals surface area contributed by atoms with E-state index in [4.69, 9.17) is 0 Å². The average molecular weight is 399 g/mol. The minimum absolute atomic E-state index is 0.184. The monoisotopic (exact) mass is 398 g/mol. The second kappa shape index (κ2) is 8.15. The Bertz CT molecular complexity index is 915. The molecule has 1 aliphatic heterocycles. The van der Waals surface area contributed by atoms with Crippen LogP contribution in [0.15, 0.2) is 70.9 Å². The SMILES string of the molecule is O=C(N[C@H](c1ccccc1)c1cccs1)N[C@H]1CCSc2c(F)cccc21. The van der Waals surface area contributed by atoms with Gasteiger partial charge in [0.05, 0.1) is 12.1 Å². The van der Waals surface area contributed by atoms with Gasteiger partial charge in [-0.2, -0.15) is 0 Å². The van der Waals surface area contributed by atoms with Crippen molar-refractivity contribution in [1.82, 2.24) is 10.6 Å². The van der Waals surface area contributed by atoms with E-state index in [0.29, 0.717) is 4.90 Å². The van der Waals surface area contributed by atoms with Crippen molar-refractivity contribution in [2.24, 2.45) is 0 Å². The van der Waals surface area contributed by atoms with Crippen LogP contribution in [0, 0.1) is 5.82 Å². The van der Waals surface area contributed by atoms with Crippen molar-refractivity contribution in [3.63, 3.8) is 0 Å². The standard InChI is InChI=1S/C21H19FN2OS2/c22-16-9-4-8-15-17(11-13-27-20(15)16)23-21(25)24-19(18-10-5-12-26-18)14-6-2-1-3-7-14/h1-10,12,17,19H,11,13H2,(H2,23,24,25)/t17-,19+/m0/s1. The van der Waals surface area contributed by atoms with Crippen molar-refractivity contribution in [3.8, 4) is 0 Å². The highest BCUT2D eigenvalue weighted by Gasteiger charge is 2.26. The molecule has 0 spiro atoms. The van der Waals surface area contributed by atoms with Crippen LogP contribution in [-0.2, 0) is 0 Å². The van der Waals surface area contributed by atoms with Crippen LogP contribution in [-0.4, -0.2) is 11.8 Å². The molecule has 0 saturated heterocycles. The van der Waals surface area contributed by atoms with Crippen molar-refractivity contribution in [3.05, 3.63) is 87.9 Å². The smallest absolute Gasteiger partial charge is 0.316 e. The maximum Gasteiger partial charge on any atom is 0.316 e. The van der Waals surface area contributed by atoms with Gasteiger partial charge in [-0.05, 0) is 35.1 Å². The summed E-state index contributed by atoms with van der Waals surface area (Å²) in [7, 11) is 0. The van der Waals surface area contributed by atoms with E-state index in [1.54, 1.807) is 17.4 Å². The van der Waals surface area contributed by atoms with E-state index in [9.17, 15) is 9.18 Å². The highest BCUT2D eigenvalue weighted by atomic mass is 32.2. The third kappa shape index (κ3) is 4.01. The predicted molar refractivity (Wildman–Crippen MR) is 109 cm³/mol. The quantitative estimate of drug-likeness (QED) is 0.608. The van der Waals surface area contributed by atoms with Crippen LogP contribution in [0.3, 0.4) is 0 Å². The molecule has 1 aromatic heterocycles. The van der Waals surface area contributed by atoms with Gasteiger partial charge in [0.1, 0.15) is 5.82 Å². The molecular formula is C21H19FN2OS2. The average Bonchev–Trinajstić information content (AvgIpc) is 3.22. The Morgan fingerprint density at radius 2 is 1.93 bits per heavy atom. The lowest BCUT2D eigenvalue weighted by Crippen LogP contribution is -2.41. The Morgan fingerprint density at radius 1 is 1.07 bits per heavy atom. The number of rotatable bonds is 4. The lowest BCUT2D eigenvalue weighted by Gasteiger charge is -2.27. The molecule has 2 N–H and O–H groups in total. The van der Waals surface area contributed by atoms with Gasteiger partial charge in [0.25, 0.3) is 0 Å². The van der Waals surface area contributed by atoms with Crippen LogP contribution in [0.2, 0.25) is 0 Å². The van der Waals surface area contributed by atoms with Crippen molar-refractivity contribution < 1.29 is 9.18 Å². The largest absolute Gasteiger partial charge is 0.331 e. The van der Waals surface area contributed by atoms with Gasteiger partial charge in [0.2, 0.25) is 0 Å². The van der Waals surface area contributed by atoms with Crippen LogP contribution in [0.25, 0.3) is 0 Å². The van der Waals surface area contributed by atoms with Crippen molar-refractivity contribution in [1.29, 1.82) is 0 Å². The molecule has 2 aromatic carbocycles. The van der Waals surface area contributed by atoms with Gasteiger partial charge < -0.3 is 10.6 Å². The van der Waals surface area contributed by atoms with E-state index in [-0.39, 0.29) is 23.9 Å². The number of carbonyl (C=O) groups is 1. The normalized spacial score (nSPS) is 17.0. The number of thiophene rings is 1. The van der Waals surface area contributed by atoms with Crippen LogP contribution in [0.4, 0.5) is 9.18 Å². The zero-order chi connectivity index (χ0) is 18.6. The summed E-state index contributed by atoms with van der Waals surface area (Å²) in [6.07, 6.45) is 0.781. The Hall–Kier alpha value is -2.31. The first-order chi connectivity index (χ1) is 13.2. The fourth-order valence-electron chi connectivity index (χ4n) is 3.29. The van der Waals surface area contributed by atoms with E-state index < -0.39 is 0 Å². The lowest BCUT2D eigenvalue weighted by atomic mass is 10.0. The topological polar surface area (TPSA) is 41.1 Å². The number of fused-ring (bicyclic) bond motifs is 1.